The Kier molecular flexibility index (Phi) is 4.05. The molecule has 1 aliphatic rings. The van der Waals surface area contributed by atoms with Gasteiger partial charge in [-0.2, -0.15) is 4.98 Å². The van der Waals surface area contributed by atoms with Crippen molar-refractivity contribution in [3.05, 3.63) is 28.5 Å². The summed E-state index contributed by atoms with van der Waals surface area (Å²) in [4.78, 5) is 14.4. The molecule has 2 heterocycles. The van der Waals surface area contributed by atoms with E-state index in [2.05, 4.69) is 27.2 Å². The second-order valence-corrected chi connectivity index (χ2v) is 6.94. The molecule has 3 rings (SSSR count). The molecule has 0 aromatic carbocycles. The quantitative estimate of drug-likeness (QED) is 0.883. The van der Waals surface area contributed by atoms with Crippen molar-refractivity contribution in [1.82, 2.24) is 15.0 Å². The van der Waals surface area contributed by atoms with Gasteiger partial charge in [0.15, 0.2) is 0 Å². The first-order valence-electron chi connectivity index (χ1n) is 7.29. The number of thiazole rings is 1. The Morgan fingerprint density at radius 3 is 2.71 bits per heavy atom. The molecule has 0 radical (unpaired) electrons. The molecule has 6 heteroatoms. The highest BCUT2D eigenvalue weighted by Crippen LogP contribution is 2.43. The van der Waals surface area contributed by atoms with Crippen LogP contribution in [-0.4, -0.2) is 21.1 Å². The lowest BCUT2D eigenvalue weighted by molar-refractivity contribution is 0.232. The maximum Gasteiger partial charge on any atom is 0.234 e. The van der Waals surface area contributed by atoms with Crippen LogP contribution in [0.2, 0.25) is 0 Å². The van der Waals surface area contributed by atoms with E-state index in [4.69, 9.17) is 4.74 Å². The first-order valence-corrected chi connectivity index (χ1v) is 8.11. The van der Waals surface area contributed by atoms with Crippen molar-refractivity contribution in [2.75, 3.05) is 5.32 Å². The van der Waals surface area contributed by atoms with Gasteiger partial charge in [-0.3, -0.25) is 4.98 Å². The minimum atomic E-state index is 0.0930. The van der Waals surface area contributed by atoms with Crippen LogP contribution in [0.1, 0.15) is 42.6 Å². The molecular formula is C15H20N4OS. The molecule has 0 saturated heterocycles. The van der Waals surface area contributed by atoms with Gasteiger partial charge in [-0.05, 0) is 39.5 Å². The molecule has 2 aromatic rings. The standard InChI is InChI=1S/C15H20N4OS/c1-9(2)20-13-8-16-7-12(18-13)19-14(11-4-5-11)15-17-6-10(3)21-15/h6-9,11,14H,4-5H2,1-3H3,(H,18,19). The first-order chi connectivity index (χ1) is 10.1. The van der Waals surface area contributed by atoms with E-state index in [9.17, 15) is 0 Å². The second kappa shape index (κ2) is 5.97. The lowest BCUT2D eigenvalue weighted by atomic mass is 10.2. The van der Waals surface area contributed by atoms with Gasteiger partial charge in [-0.15, -0.1) is 11.3 Å². The largest absolute Gasteiger partial charge is 0.474 e. The van der Waals surface area contributed by atoms with Crippen LogP contribution in [0.4, 0.5) is 5.82 Å². The summed E-state index contributed by atoms with van der Waals surface area (Å²) >= 11 is 1.75. The molecule has 1 fully saturated rings. The van der Waals surface area contributed by atoms with Crippen LogP contribution in [0.15, 0.2) is 18.6 Å². The molecule has 0 aliphatic heterocycles. The molecule has 1 N–H and O–H groups in total. The van der Waals surface area contributed by atoms with E-state index < -0.39 is 0 Å². The van der Waals surface area contributed by atoms with Crippen LogP contribution in [-0.2, 0) is 0 Å². The Morgan fingerprint density at radius 2 is 2.10 bits per heavy atom. The average Bonchev–Trinajstić information content (AvgIpc) is 3.18. The number of nitrogens with one attached hydrogen (secondary N) is 1. The zero-order chi connectivity index (χ0) is 14.8. The highest BCUT2D eigenvalue weighted by molar-refractivity contribution is 7.11. The third-order valence-electron chi connectivity index (χ3n) is 3.27. The maximum absolute atomic E-state index is 5.60. The number of ether oxygens (including phenoxy) is 1. The van der Waals surface area contributed by atoms with Gasteiger partial charge in [0.25, 0.3) is 0 Å². The molecular weight excluding hydrogens is 284 g/mol. The molecule has 0 bridgehead atoms. The number of aryl methyl sites for hydroxylation is 1. The molecule has 0 spiro atoms. The lowest BCUT2D eigenvalue weighted by Gasteiger charge is -2.17. The Hall–Kier alpha value is -1.69. The molecule has 1 saturated carbocycles. The van der Waals surface area contributed by atoms with E-state index in [1.54, 1.807) is 23.7 Å². The predicted molar refractivity (Wildman–Crippen MR) is 83.7 cm³/mol. The number of anilines is 1. The van der Waals surface area contributed by atoms with Gasteiger partial charge in [-0.25, -0.2) is 4.98 Å². The van der Waals surface area contributed by atoms with E-state index in [-0.39, 0.29) is 12.1 Å². The van der Waals surface area contributed by atoms with Crippen LogP contribution in [0, 0.1) is 12.8 Å². The predicted octanol–water partition coefficient (Wildman–Crippen LogP) is 3.59. The fourth-order valence-corrected chi connectivity index (χ4v) is 3.12. The fraction of sp³-hybridized carbons (Fsp3) is 0.533. The smallest absolute Gasteiger partial charge is 0.234 e. The summed E-state index contributed by atoms with van der Waals surface area (Å²) in [6.45, 7) is 6.04. The van der Waals surface area contributed by atoms with Crippen molar-refractivity contribution >= 4 is 17.2 Å². The fourth-order valence-electron chi connectivity index (χ4n) is 2.20. The average molecular weight is 304 g/mol. The van der Waals surface area contributed by atoms with Gasteiger partial charge in [-0.1, -0.05) is 0 Å². The second-order valence-electron chi connectivity index (χ2n) is 5.68. The molecule has 5 nitrogen and oxygen atoms in total. The lowest BCUT2D eigenvalue weighted by Crippen LogP contribution is -2.14. The van der Waals surface area contributed by atoms with Crippen molar-refractivity contribution in [3.63, 3.8) is 0 Å². The zero-order valence-corrected chi connectivity index (χ0v) is 13.4. The highest BCUT2D eigenvalue weighted by Gasteiger charge is 2.34. The van der Waals surface area contributed by atoms with Crippen LogP contribution >= 0.6 is 11.3 Å². The van der Waals surface area contributed by atoms with Gasteiger partial charge in [0.05, 0.1) is 24.5 Å². The molecule has 21 heavy (non-hydrogen) atoms. The van der Waals surface area contributed by atoms with E-state index in [0.29, 0.717) is 11.8 Å². The van der Waals surface area contributed by atoms with Crippen molar-refractivity contribution in [2.45, 2.75) is 45.8 Å². The number of aromatic nitrogens is 3. The van der Waals surface area contributed by atoms with Crippen LogP contribution in [0.3, 0.4) is 0 Å². The normalized spacial score (nSPS) is 16.0. The Balaban J connectivity index is 1.77. The monoisotopic (exact) mass is 304 g/mol. The van der Waals surface area contributed by atoms with E-state index in [1.807, 2.05) is 20.0 Å². The Morgan fingerprint density at radius 1 is 1.29 bits per heavy atom. The molecule has 0 amide bonds. The topological polar surface area (TPSA) is 59.9 Å². The van der Waals surface area contributed by atoms with Gasteiger partial charge < -0.3 is 10.1 Å². The van der Waals surface area contributed by atoms with Gasteiger partial charge >= 0.3 is 0 Å². The van der Waals surface area contributed by atoms with Gasteiger partial charge in [0.2, 0.25) is 5.88 Å². The molecule has 1 aliphatic carbocycles. The Bertz CT molecular complexity index is 609. The summed E-state index contributed by atoms with van der Waals surface area (Å²) in [5, 5.41) is 4.61. The maximum atomic E-state index is 5.60. The summed E-state index contributed by atoms with van der Waals surface area (Å²) in [5.41, 5.74) is 0. The molecule has 1 atom stereocenters. The number of rotatable bonds is 6. The first kappa shape index (κ1) is 14.3. The number of nitrogens with zero attached hydrogens (tertiary/aromatic N) is 3. The molecule has 112 valence electrons. The van der Waals surface area contributed by atoms with E-state index in [1.165, 1.54) is 17.7 Å². The van der Waals surface area contributed by atoms with E-state index in [0.717, 1.165) is 10.8 Å². The number of hydrogen-bond donors (Lipinski definition) is 1. The summed E-state index contributed by atoms with van der Waals surface area (Å²) in [6, 6.07) is 0.229. The van der Waals surface area contributed by atoms with Crippen molar-refractivity contribution in [3.8, 4) is 5.88 Å². The summed E-state index contributed by atoms with van der Waals surface area (Å²) in [5.74, 6) is 1.95. The third-order valence-corrected chi connectivity index (χ3v) is 4.27. The van der Waals surface area contributed by atoms with Gasteiger partial charge in [0.1, 0.15) is 10.8 Å². The zero-order valence-electron chi connectivity index (χ0n) is 12.5. The van der Waals surface area contributed by atoms with Crippen molar-refractivity contribution in [1.29, 1.82) is 0 Å². The van der Waals surface area contributed by atoms with Crippen LogP contribution in [0.25, 0.3) is 0 Å². The van der Waals surface area contributed by atoms with Gasteiger partial charge in [0, 0.05) is 11.1 Å². The van der Waals surface area contributed by atoms with Crippen molar-refractivity contribution in [2.24, 2.45) is 5.92 Å². The van der Waals surface area contributed by atoms with Crippen LogP contribution in [0.5, 0.6) is 5.88 Å². The van der Waals surface area contributed by atoms with Crippen molar-refractivity contribution < 1.29 is 4.74 Å². The highest BCUT2D eigenvalue weighted by atomic mass is 32.1. The summed E-state index contributed by atoms with van der Waals surface area (Å²) in [6.07, 6.45) is 7.89. The minimum Gasteiger partial charge on any atom is -0.474 e. The summed E-state index contributed by atoms with van der Waals surface area (Å²) in [7, 11) is 0. The van der Waals surface area contributed by atoms with Crippen LogP contribution < -0.4 is 10.1 Å². The number of hydrogen-bond acceptors (Lipinski definition) is 6. The SMILES string of the molecule is Cc1cnc(C(Nc2cncc(OC(C)C)n2)C2CC2)s1. The third kappa shape index (κ3) is 3.69. The minimum absolute atomic E-state index is 0.0930. The van der Waals surface area contributed by atoms with E-state index >= 15 is 0 Å². The summed E-state index contributed by atoms with van der Waals surface area (Å²) < 4.78 is 5.60. The Labute approximate surface area is 128 Å². The molecule has 1 unspecified atom stereocenters. The molecule has 2 aromatic heterocycles.